The summed E-state index contributed by atoms with van der Waals surface area (Å²) in [6, 6.07) is 3.32. The Kier molecular flexibility index (Phi) is 3.99. The van der Waals surface area contributed by atoms with E-state index in [9.17, 15) is 4.79 Å². The smallest absolute Gasteiger partial charge is 0.253 e. The van der Waals surface area contributed by atoms with Gasteiger partial charge in [0.2, 0.25) is 0 Å². The Labute approximate surface area is 117 Å². The van der Waals surface area contributed by atoms with Gasteiger partial charge in [-0.05, 0) is 26.0 Å². The number of hydrogen-bond donors (Lipinski definition) is 3. The Bertz CT molecular complexity index is 617. The number of nitrogens with one attached hydrogen (secondary N) is 2. The van der Waals surface area contributed by atoms with Crippen LogP contribution in [-0.4, -0.2) is 20.7 Å². The number of aromatic nitrogens is 3. The van der Waals surface area contributed by atoms with Gasteiger partial charge < -0.3 is 10.7 Å². The minimum atomic E-state index is -0.177. The summed E-state index contributed by atoms with van der Waals surface area (Å²) in [6.45, 7) is 4.35. The Morgan fingerprint density at radius 3 is 2.65 bits per heavy atom. The SMILES string of the molecule is Cc1nn(C)c(C)c1CNC(=O)c1ccc(NN)nc1. The van der Waals surface area contributed by atoms with Gasteiger partial charge in [-0.2, -0.15) is 5.10 Å². The second-order valence-electron chi connectivity index (χ2n) is 4.53. The van der Waals surface area contributed by atoms with E-state index in [1.165, 1.54) is 6.20 Å². The van der Waals surface area contributed by atoms with Gasteiger partial charge in [0, 0.05) is 31.0 Å². The van der Waals surface area contributed by atoms with E-state index in [0.29, 0.717) is 17.9 Å². The number of hydrogen-bond acceptors (Lipinski definition) is 5. The zero-order valence-electron chi connectivity index (χ0n) is 11.8. The summed E-state index contributed by atoms with van der Waals surface area (Å²) in [4.78, 5) is 16.0. The highest BCUT2D eigenvalue weighted by atomic mass is 16.1. The molecule has 4 N–H and O–H groups in total. The molecule has 2 aromatic rings. The van der Waals surface area contributed by atoms with Gasteiger partial charge in [-0.1, -0.05) is 0 Å². The van der Waals surface area contributed by atoms with Gasteiger partial charge in [-0.25, -0.2) is 10.8 Å². The molecule has 20 heavy (non-hydrogen) atoms. The van der Waals surface area contributed by atoms with Crippen LogP contribution in [0.3, 0.4) is 0 Å². The molecule has 0 saturated carbocycles. The van der Waals surface area contributed by atoms with Gasteiger partial charge in [0.15, 0.2) is 0 Å². The highest BCUT2D eigenvalue weighted by molar-refractivity contribution is 5.94. The molecular formula is C13H18N6O. The Morgan fingerprint density at radius 1 is 1.40 bits per heavy atom. The number of nitrogen functional groups attached to an aromatic ring is 1. The van der Waals surface area contributed by atoms with E-state index < -0.39 is 0 Å². The van der Waals surface area contributed by atoms with E-state index in [2.05, 4.69) is 20.8 Å². The molecule has 0 unspecified atom stereocenters. The monoisotopic (exact) mass is 274 g/mol. The van der Waals surface area contributed by atoms with Crippen LogP contribution in [0.25, 0.3) is 0 Å². The molecule has 0 fully saturated rings. The number of pyridine rings is 1. The van der Waals surface area contributed by atoms with Crippen LogP contribution in [0.1, 0.15) is 27.3 Å². The lowest BCUT2D eigenvalue weighted by molar-refractivity contribution is 0.0950. The normalized spacial score (nSPS) is 10.4. The van der Waals surface area contributed by atoms with Crippen molar-refractivity contribution in [3.63, 3.8) is 0 Å². The lowest BCUT2D eigenvalue weighted by Gasteiger charge is -2.06. The molecule has 7 heteroatoms. The van der Waals surface area contributed by atoms with Crippen LogP contribution in [0.4, 0.5) is 5.82 Å². The third-order valence-electron chi connectivity index (χ3n) is 3.26. The van der Waals surface area contributed by atoms with Crippen LogP contribution in [0, 0.1) is 13.8 Å². The molecule has 0 radical (unpaired) electrons. The Morgan fingerprint density at radius 2 is 2.15 bits per heavy atom. The van der Waals surface area contributed by atoms with Crippen LogP contribution >= 0.6 is 0 Å². The predicted octanol–water partition coefficient (Wildman–Crippen LogP) is 0.648. The molecular weight excluding hydrogens is 256 g/mol. The van der Waals surface area contributed by atoms with Gasteiger partial charge in [-0.3, -0.25) is 9.48 Å². The van der Waals surface area contributed by atoms with E-state index in [0.717, 1.165) is 17.0 Å². The maximum Gasteiger partial charge on any atom is 0.253 e. The van der Waals surface area contributed by atoms with E-state index in [-0.39, 0.29) is 5.91 Å². The quantitative estimate of drug-likeness (QED) is 0.561. The van der Waals surface area contributed by atoms with Crippen molar-refractivity contribution >= 4 is 11.7 Å². The zero-order chi connectivity index (χ0) is 14.7. The molecule has 7 nitrogen and oxygen atoms in total. The number of amides is 1. The number of nitrogens with zero attached hydrogens (tertiary/aromatic N) is 3. The highest BCUT2D eigenvalue weighted by Gasteiger charge is 2.11. The van der Waals surface area contributed by atoms with Crippen LogP contribution in [0.2, 0.25) is 0 Å². The van der Waals surface area contributed by atoms with E-state index in [4.69, 9.17) is 5.84 Å². The topological polar surface area (TPSA) is 97.9 Å². The first-order chi connectivity index (χ1) is 9.52. The third kappa shape index (κ3) is 2.77. The van der Waals surface area contributed by atoms with Crippen molar-refractivity contribution in [1.29, 1.82) is 0 Å². The standard InChI is InChI=1S/C13H18N6O/c1-8-11(9(2)19(3)18-8)7-16-13(20)10-4-5-12(17-14)15-6-10/h4-6H,7,14H2,1-3H3,(H,15,17)(H,16,20). The summed E-state index contributed by atoms with van der Waals surface area (Å²) >= 11 is 0. The first-order valence-corrected chi connectivity index (χ1v) is 6.23. The molecule has 2 rings (SSSR count). The summed E-state index contributed by atoms with van der Waals surface area (Å²) in [5.74, 6) is 5.56. The summed E-state index contributed by atoms with van der Waals surface area (Å²) < 4.78 is 1.81. The number of carbonyl (C=O) groups excluding carboxylic acids is 1. The number of hydrazine groups is 1. The lowest BCUT2D eigenvalue weighted by atomic mass is 10.2. The molecule has 0 saturated heterocycles. The number of anilines is 1. The maximum absolute atomic E-state index is 12.0. The van der Waals surface area contributed by atoms with Gasteiger partial charge >= 0.3 is 0 Å². The molecule has 0 aliphatic rings. The van der Waals surface area contributed by atoms with Crippen LogP contribution in [0.15, 0.2) is 18.3 Å². The zero-order valence-corrected chi connectivity index (χ0v) is 11.8. The molecule has 0 aliphatic carbocycles. The molecule has 2 heterocycles. The fourth-order valence-corrected chi connectivity index (χ4v) is 1.96. The largest absolute Gasteiger partial charge is 0.348 e. The second-order valence-corrected chi connectivity index (χ2v) is 4.53. The van der Waals surface area contributed by atoms with Gasteiger partial charge in [-0.15, -0.1) is 0 Å². The van der Waals surface area contributed by atoms with Gasteiger partial charge in [0.05, 0.1) is 11.3 Å². The maximum atomic E-state index is 12.0. The van der Waals surface area contributed by atoms with Gasteiger partial charge in [0.25, 0.3) is 5.91 Å². The third-order valence-corrected chi connectivity index (χ3v) is 3.26. The number of nitrogens with two attached hydrogens (primary N) is 1. The average Bonchev–Trinajstić information content (AvgIpc) is 2.70. The minimum absolute atomic E-state index is 0.177. The number of rotatable bonds is 4. The molecule has 1 amide bonds. The van der Waals surface area contributed by atoms with Crippen LogP contribution in [0.5, 0.6) is 0 Å². The van der Waals surface area contributed by atoms with Crippen molar-refractivity contribution in [2.75, 3.05) is 5.43 Å². The molecule has 0 bridgehead atoms. The van der Waals surface area contributed by atoms with Crippen LogP contribution in [-0.2, 0) is 13.6 Å². The molecule has 2 aromatic heterocycles. The molecule has 0 atom stereocenters. The number of carbonyl (C=O) groups is 1. The Balaban J connectivity index is 2.04. The lowest BCUT2D eigenvalue weighted by Crippen LogP contribution is -2.23. The first-order valence-electron chi connectivity index (χ1n) is 6.23. The summed E-state index contributed by atoms with van der Waals surface area (Å²) in [5.41, 5.74) is 5.91. The van der Waals surface area contributed by atoms with Gasteiger partial charge in [0.1, 0.15) is 5.82 Å². The average molecular weight is 274 g/mol. The minimum Gasteiger partial charge on any atom is -0.348 e. The Hall–Kier alpha value is -2.41. The fraction of sp³-hybridized carbons (Fsp3) is 0.308. The molecule has 0 aromatic carbocycles. The van der Waals surface area contributed by atoms with E-state index in [1.807, 2.05) is 20.9 Å². The van der Waals surface area contributed by atoms with Crippen molar-refractivity contribution in [1.82, 2.24) is 20.1 Å². The van der Waals surface area contributed by atoms with Crippen molar-refractivity contribution < 1.29 is 4.79 Å². The van der Waals surface area contributed by atoms with E-state index >= 15 is 0 Å². The van der Waals surface area contributed by atoms with Crippen molar-refractivity contribution in [3.8, 4) is 0 Å². The van der Waals surface area contributed by atoms with Crippen molar-refractivity contribution in [2.24, 2.45) is 12.9 Å². The first kappa shape index (κ1) is 14.0. The van der Waals surface area contributed by atoms with Crippen LogP contribution < -0.4 is 16.6 Å². The molecule has 0 aliphatic heterocycles. The molecule has 106 valence electrons. The van der Waals surface area contributed by atoms with Crippen molar-refractivity contribution in [2.45, 2.75) is 20.4 Å². The van der Waals surface area contributed by atoms with E-state index in [1.54, 1.807) is 16.8 Å². The summed E-state index contributed by atoms with van der Waals surface area (Å²) in [6.07, 6.45) is 1.48. The highest BCUT2D eigenvalue weighted by Crippen LogP contribution is 2.11. The summed E-state index contributed by atoms with van der Waals surface area (Å²) in [7, 11) is 1.89. The number of aryl methyl sites for hydroxylation is 2. The van der Waals surface area contributed by atoms with Crippen molar-refractivity contribution in [3.05, 3.63) is 40.8 Å². The predicted molar refractivity (Wildman–Crippen MR) is 75.9 cm³/mol. The summed E-state index contributed by atoms with van der Waals surface area (Å²) in [5, 5.41) is 7.18. The second kappa shape index (κ2) is 5.70. The molecule has 0 spiro atoms. The fourth-order valence-electron chi connectivity index (χ4n) is 1.96.